The van der Waals surface area contributed by atoms with Gasteiger partial charge in [0, 0.05) is 30.9 Å². The summed E-state index contributed by atoms with van der Waals surface area (Å²) in [5.74, 6) is 1.09. The number of benzene rings is 2. The molecule has 1 saturated heterocycles. The maximum atomic E-state index is 14.0. The van der Waals surface area contributed by atoms with E-state index in [0.29, 0.717) is 5.75 Å². The Labute approximate surface area is 132 Å². The van der Waals surface area contributed by atoms with Crippen LogP contribution in [0.1, 0.15) is 12.8 Å². The van der Waals surface area contributed by atoms with Gasteiger partial charge in [0.1, 0.15) is 17.3 Å². The zero-order valence-corrected chi connectivity index (χ0v) is 13.2. The monoisotopic (exact) mass is 297 g/mol. The molecule has 1 fully saturated rings. The lowest BCUT2D eigenvalue weighted by Gasteiger charge is -2.18. The van der Waals surface area contributed by atoms with E-state index >= 15 is 0 Å². The lowest BCUT2D eigenvalue weighted by Crippen LogP contribution is -2.25. The van der Waals surface area contributed by atoms with Gasteiger partial charge in [-0.2, -0.15) is 0 Å². The third-order valence-corrected chi connectivity index (χ3v) is 4.12. The Bertz CT molecular complexity index is 653. The van der Waals surface area contributed by atoms with Crippen LogP contribution in [-0.2, 0) is 0 Å². The summed E-state index contributed by atoms with van der Waals surface area (Å²) in [7, 11) is 0. The van der Waals surface area contributed by atoms with E-state index in [1.807, 2.05) is 37.9 Å². The molecule has 0 aromatic heterocycles. The smallest absolute Gasteiger partial charge is 0.173 e. The van der Waals surface area contributed by atoms with Gasteiger partial charge in [-0.25, -0.2) is 4.39 Å². The van der Waals surface area contributed by atoms with Crippen molar-refractivity contribution in [3.8, 4) is 11.5 Å². The van der Waals surface area contributed by atoms with Crippen LogP contribution in [0.4, 0.5) is 10.1 Å². The third-order valence-electron chi connectivity index (χ3n) is 4.12. The van der Waals surface area contributed by atoms with Crippen LogP contribution in [0.3, 0.4) is 0 Å². The van der Waals surface area contributed by atoms with Crippen LogP contribution in [0.5, 0.6) is 11.5 Å². The van der Waals surface area contributed by atoms with Crippen molar-refractivity contribution in [2.45, 2.75) is 26.5 Å². The average molecular weight is 297 g/mol. The van der Waals surface area contributed by atoms with Gasteiger partial charge >= 0.3 is 0 Å². The van der Waals surface area contributed by atoms with Gasteiger partial charge in [-0.3, -0.25) is 0 Å². The molecule has 0 unspecified atom stereocenters. The van der Waals surface area contributed by atoms with Gasteiger partial charge in [0.05, 0.1) is 0 Å². The van der Waals surface area contributed by atoms with Crippen molar-refractivity contribution >= 4 is 17.9 Å². The molecule has 0 aliphatic carbocycles. The second-order valence-corrected chi connectivity index (χ2v) is 6.13. The molecule has 2 aromatic carbocycles. The van der Waals surface area contributed by atoms with Crippen LogP contribution in [0.25, 0.3) is 0 Å². The van der Waals surface area contributed by atoms with Crippen LogP contribution in [0, 0.1) is 5.82 Å². The number of nitrogens with zero attached hydrogens (tertiary/aromatic N) is 1. The molecular weight excluding hydrogens is 276 g/mol. The predicted molar refractivity (Wildman–Crippen MR) is 91.5 cm³/mol. The Morgan fingerprint density at radius 3 is 2.41 bits per heavy atom. The molecule has 1 aliphatic heterocycles. The number of hydrogen-bond donors (Lipinski definition) is 0. The van der Waals surface area contributed by atoms with E-state index in [-0.39, 0.29) is 12.5 Å². The summed E-state index contributed by atoms with van der Waals surface area (Å²) in [4.78, 5) is 2.36. The molecule has 22 heavy (non-hydrogen) atoms. The topological polar surface area (TPSA) is 12.5 Å². The highest BCUT2D eigenvalue weighted by atomic mass is 19.1. The maximum absolute atomic E-state index is 14.0. The molecule has 3 rings (SSSR count). The lowest BCUT2D eigenvalue weighted by molar-refractivity contribution is 0.477. The molecule has 2 aromatic rings. The largest absolute Gasteiger partial charge is 0.457 e. The third kappa shape index (κ3) is 3.27. The Morgan fingerprint density at radius 2 is 1.73 bits per heavy atom. The van der Waals surface area contributed by atoms with Gasteiger partial charge in [0.2, 0.25) is 0 Å². The van der Waals surface area contributed by atoms with Crippen LogP contribution in [-0.4, -0.2) is 19.8 Å². The molecule has 114 valence electrons. The highest BCUT2D eigenvalue weighted by Gasteiger charge is 2.13. The second-order valence-electron chi connectivity index (χ2n) is 6.13. The van der Waals surface area contributed by atoms with Crippen LogP contribution < -0.4 is 15.1 Å². The van der Waals surface area contributed by atoms with Gasteiger partial charge in [0.15, 0.2) is 6.71 Å². The molecule has 4 heteroatoms. The molecule has 2 nitrogen and oxygen atoms in total. The summed E-state index contributed by atoms with van der Waals surface area (Å²) >= 11 is 0. The van der Waals surface area contributed by atoms with Gasteiger partial charge in [-0.05, 0) is 36.5 Å². The molecule has 0 N–H and O–H groups in total. The fourth-order valence-corrected chi connectivity index (χ4v) is 2.89. The quantitative estimate of drug-likeness (QED) is 0.785. The Kier molecular flexibility index (Phi) is 4.37. The Morgan fingerprint density at radius 1 is 1.00 bits per heavy atom. The molecule has 0 atom stereocenters. The summed E-state index contributed by atoms with van der Waals surface area (Å²) in [6, 6.07) is 13.1. The number of halogens is 1. The fourth-order valence-electron chi connectivity index (χ4n) is 2.89. The minimum atomic E-state index is -0.205. The van der Waals surface area contributed by atoms with Crippen molar-refractivity contribution in [2.75, 3.05) is 18.0 Å². The molecule has 0 amide bonds. The first-order valence-corrected chi connectivity index (χ1v) is 7.96. The van der Waals surface area contributed by atoms with E-state index in [2.05, 4.69) is 11.0 Å². The summed E-state index contributed by atoms with van der Waals surface area (Å²) in [5, 5.41) is 0. The number of hydrogen-bond acceptors (Lipinski definition) is 2. The number of rotatable bonds is 4. The Balaban J connectivity index is 1.78. The normalized spacial score (nSPS) is 14.2. The summed E-state index contributed by atoms with van der Waals surface area (Å²) in [6.45, 7) is 6.34. The average Bonchev–Trinajstić information content (AvgIpc) is 3.01. The molecule has 1 heterocycles. The second kappa shape index (κ2) is 6.43. The first kappa shape index (κ1) is 15.0. The standard InChI is InChI=1S/C18H21BFNO/c1-19(2)17-9-8-16(13-18(17)20)22-15-7-5-6-14(12-15)21-10-3-4-11-21/h5-9,12-13H,3-4,10-11H2,1-2H3. The van der Waals surface area contributed by atoms with Gasteiger partial charge in [-0.15, -0.1) is 0 Å². The van der Waals surface area contributed by atoms with Crippen molar-refractivity contribution in [3.63, 3.8) is 0 Å². The first-order valence-electron chi connectivity index (χ1n) is 7.96. The molecular formula is C18H21BFNO. The zero-order valence-electron chi connectivity index (χ0n) is 13.2. The van der Waals surface area contributed by atoms with E-state index in [0.717, 1.165) is 24.3 Å². The fraction of sp³-hybridized carbons (Fsp3) is 0.333. The highest BCUT2D eigenvalue weighted by molar-refractivity contribution is 6.70. The maximum Gasteiger partial charge on any atom is 0.173 e. The van der Waals surface area contributed by atoms with Gasteiger partial charge < -0.3 is 9.64 Å². The summed E-state index contributed by atoms with van der Waals surface area (Å²) in [5.41, 5.74) is 1.90. The zero-order chi connectivity index (χ0) is 15.5. The van der Waals surface area contributed by atoms with E-state index in [1.54, 1.807) is 6.07 Å². The highest BCUT2D eigenvalue weighted by Crippen LogP contribution is 2.28. The van der Waals surface area contributed by atoms with Gasteiger partial charge in [-0.1, -0.05) is 25.8 Å². The van der Waals surface area contributed by atoms with Crippen LogP contribution in [0.15, 0.2) is 42.5 Å². The molecule has 0 spiro atoms. The van der Waals surface area contributed by atoms with Crippen molar-refractivity contribution in [1.82, 2.24) is 0 Å². The SMILES string of the molecule is CB(C)c1ccc(Oc2cccc(N3CCCC3)c2)cc1F. The Hall–Kier alpha value is -1.97. The minimum absolute atomic E-state index is 0.174. The summed E-state index contributed by atoms with van der Waals surface area (Å²) in [6.07, 6.45) is 2.49. The van der Waals surface area contributed by atoms with E-state index in [4.69, 9.17) is 4.74 Å². The van der Waals surface area contributed by atoms with E-state index in [9.17, 15) is 4.39 Å². The molecule has 0 radical (unpaired) electrons. The number of anilines is 1. The van der Waals surface area contributed by atoms with E-state index in [1.165, 1.54) is 24.6 Å². The van der Waals surface area contributed by atoms with Gasteiger partial charge in [0.25, 0.3) is 0 Å². The van der Waals surface area contributed by atoms with Crippen molar-refractivity contribution in [1.29, 1.82) is 0 Å². The van der Waals surface area contributed by atoms with Crippen LogP contribution >= 0.6 is 0 Å². The predicted octanol–water partition coefficient (Wildman–Crippen LogP) is 4.18. The first-order chi connectivity index (χ1) is 10.6. The van der Waals surface area contributed by atoms with Crippen molar-refractivity contribution in [2.24, 2.45) is 0 Å². The lowest BCUT2D eigenvalue weighted by atomic mass is 9.49. The molecule has 0 saturated carbocycles. The summed E-state index contributed by atoms with van der Waals surface area (Å²) < 4.78 is 19.9. The van der Waals surface area contributed by atoms with Crippen LogP contribution in [0.2, 0.25) is 13.6 Å². The number of ether oxygens (including phenoxy) is 1. The molecule has 0 bridgehead atoms. The molecule has 1 aliphatic rings. The van der Waals surface area contributed by atoms with Crippen molar-refractivity contribution in [3.05, 3.63) is 48.3 Å². The van der Waals surface area contributed by atoms with Crippen molar-refractivity contribution < 1.29 is 9.13 Å². The van der Waals surface area contributed by atoms with E-state index < -0.39 is 0 Å². The minimum Gasteiger partial charge on any atom is -0.457 e.